The van der Waals surface area contributed by atoms with Crippen LogP contribution < -0.4 is 5.32 Å². The molecule has 2 unspecified atom stereocenters. The summed E-state index contributed by atoms with van der Waals surface area (Å²) >= 11 is 7.25. The maximum Gasteiger partial charge on any atom is 0.352 e. The summed E-state index contributed by atoms with van der Waals surface area (Å²) in [5.41, 5.74) is 2.34. The van der Waals surface area contributed by atoms with Gasteiger partial charge in [0.1, 0.15) is 29.7 Å². The molecule has 0 aromatic carbocycles. The zero-order valence-electron chi connectivity index (χ0n) is 16.5. The van der Waals surface area contributed by atoms with Crippen molar-refractivity contribution in [3.05, 3.63) is 27.1 Å². The largest absolute Gasteiger partial charge is 0.477 e. The van der Waals surface area contributed by atoms with Crippen molar-refractivity contribution in [3.63, 3.8) is 0 Å². The van der Waals surface area contributed by atoms with Gasteiger partial charge in [0.15, 0.2) is 10.1 Å². The van der Waals surface area contributed by atoms with Crippen molar-refractivity contribution in [1.82, 2.24) is 20.4 Å². The van der Waals surface area contributed by atoms with Crippen molar-refractivity contribution in [3.8, 4) is 0 Å². The molecule has 3 aliphatic rings. The molecule has 0 radical (unpaired) electrons. The predicted molar refractivity (Wildman–Crippen MR) is 128 cm³/mol. The topological polar surface area (TPSA) is 134 Å². The van der Waals surface area contributed by atoms with Gasteiger partial charge in [0.05, 0.1) is 0 Å². The minimum absolute atomic E-state index is 0.0195. The average molecular weight is 532 g/mol. The zero-order valence-corrected chi connectivity index (χ0v) is 20.6. The van der Waals surface area contributed by atoms with E-state index in [2.05, 4.69) is 20.7 Å². The SMILES string of the molecule is CO/N=C(/C(=O)NC1C(=O)N2C(C(=O)O)=C(CSc3nncs3)CSC12)C1=CSCCS1. The van der Waals surface area contributed by atoms with Crippen LogP contribution in [0.2, 0.25) is 0 Å². The number of amides is 2. The zero-order chi connectivity index (χ0) is 22.7. The molecule has 4 heterocycles. The molecule has 0 saturated carbocycles. The summed E-state index contributed by atoms with van der Waals surface area (Å²) in [6.07, 6.45) is 0. The van der Waals surface area contributed by atoms with Gasteiger partial charge < -0.3 is 15.3 Å². The fourth-order valence-electron chi connectivity index (χ4n) is 3.16. The highest BCUT2D eigenvalue weighted by Gasteiger charge is 2.54. The van der Waals surface area contributed by atoms with Crippen molar-refractivity contribution >= 4 is 81.9 Å². The lowest BCUT2D eigenvalue weighted by atomic mass is 10.0. The molecule has 0 spiro atoms. The number of β-lactam (4-membered cyclic amide) rings is 1. The molecule has 2 amide bonds. The smallest absolute Gasteiger partial charge is 0.352 e. The highest BCUT2D eigenvalue weighted by molar-refractivity contribution is 8.10. The second-order valence-corrected chi connectivity index (χ2v) is 11.7. The van der Waals surface area contributed by atoms with Gasteiger partial charge in [-0.1, -0.05) is 28.3 Å². The Labute approximate surface area is 204 Å². The second kappa shape index (κ2) is 10.5. The number of carbonyl (C=O) groups excluding carboxylic acids is 2. The minimum atomic E-state index is -1.16. The van der Waals surface area contributed by atoms with Crippen LogP contribution in [-0.2, 0) is 19.2 Å². The number of nitrogens with zero attached hydrogens (tertiary/aromatic N) is 4. The molecule has 2 N–H and O–H groups in total. The predicted octanol–water partition coefficient (Wildman–Crippen LogP) is 1.69. The van der Waals surface area contributed by atoms with Gasteiger partial charge in [-0.05, 0) is 11.0 Å². The van der Waals surface area contributed by atoms with E-state index in [9.17, 15) is 19.5 Å². The van der Waals surface area contributed by atoms with Gasteiger partial charge in [0.2, 0.25) is 0 Å². The van der Waals surface area contributed by atoms with Crippen molar-refractivity contribution in [1.29, 1.82) is 0 Å². The van der Waals surface area contributed by atoms with E-state index in [1.807, 2.05) is 5.41 Å². The van der Waals surface area contributed by atoms with Crippen LogP contribution in [-0.4, -0.2) is 85.2 Å². The van der Waals surface area contributed by atoms with Crippen molar-refractivity contribution in [2.45, 2.75) is 15.8 Å². The number of carboxylic acid groups (broad SMARTS) is 1. The summed E-state index contributed by atoms with van der Waals surface area (Å²) < 4.78 is 0.729. The van der Waals surface area contributed by atoms with Crippen LogP contribution >= 0.6 is 58.4 Å². The second-order valence-electron chi connectivity index (χ2n) is 6.44. The van der Waals surface area contributed by atoms with Crippen LogP contribution in [0.5, 0.6) is 0 Å². The standard InChI is InChI=1S/C17H17N5O5S5/c1-27-21-10(9-6-28-2-3-29-9)13(23)19-11-14(24)22-12(16(25)26)8(4-30-15(11)22)5-31-17-20-18-7-32-17/h6-7,11,15H,2-5H2,1H3,(H,19,23)(H,25,26)/b21-10+. The molecule has 0 bridgehead atoms. The summed E-state index contributed by atoms with van der Waals surface area (Å²) in [4.78, 5) is 44.5. The van der Waals surface area contributed by atoms with Crippen molar-refractivity contribution < 1.29 is 24.3 Å². The maximum atomic E-state index is 12.9. The van der Waals surface area contributed by atoms with Gasteiger partial charge in [-0.25, -0.2) is 4.79 Å². The van der Waals surface area contributed by atoms with Gasteiger partial charge in [-0.15, -0.1) is 45.5 Å². The van der Waals surface area contributed by atoms with Gasteiger partial charge in [-0.3, -0.25) is 14.5 Å². The van der Waals surface area contributed by atoms with Crippen molar-refractivity contribution in [2.24, 2.45) is 5.16 Å². The molecular weight excluding hydrogens is 515 g/mol. The van der Waals surface area contributed by atoms with Crippen LogP contribution in [0.15, 0.2) is 36.6 Å². The minimum Gasteiger partial charge on any atom is -0.477 e. The first-order valence-corrected chi connectivity index (χ1v) is 14.1. The number of fused-ring (bicyclic) bond motifs is 1. The van der Waals surface area contributed by atoms with Crippen LogP contribution in [0, 0.1) is 0 Å². The Kier molecular flexibility index (Phi) is 7.70. The van der Waals surface area contributed by atoms with Crippen LogP contribution in [0.4, 0.5) is 0 Å². The van der Waals surface area contributed by atoms with E-state index >= 15 is 0 Å². The van der Waals surface area contributed by atoms with Gasteiger partial charge >= 0.3 is 5.97 Å². The number of thioether (sulfide) groups is 4. The summed E-state index contributed by atoms with van der Waals surface area (Å²) in [5.74, 6) is 0.466. The quantitative estimate of drug-likeness (QED) is 0.220. The monoisotopic (exact) mass is 531 g/mol. The summed E-state index contributed by atoms with van der Waals surface area (Å²) in [6.45, 7) is 0. The first kappa shape index (κ1) is 23.5. The van der Waals surface area contributed by atoms with E-state index in [0.29, 0.717) is 22.0 Å². The Morgan fingerprint density at radius 1 is 1.44 bits per heavy atom. The molecule has 1 aromatic heterocycles. The molecule has 4 rings (SSSR count). The van der Waals surface area contributed by atoms with E-state index in [4.69, 9.17) is 4.84 Å². The van der Waals surface area contributed by atoms with E-state index in [1.54, 1.807) is 17.3 Å². The number of hydrogen-bond acceptors (Lipinski definition) is 12. The Morgan fingerprint density at radius 3 is 2.94 bits per heavy atom. The molecule has 32 heavy (non-hydrogen) atoms. The van der Waals surface area contributed by atoms with E-state index in [1.165, 1.54) is 58.6 Å². The van der Waals surface area contributed by atoms with Crippen molar-refractivity contribution in [2.75, 3.05) is 30.1 Å². The Bertz CT molecular complexity index is 1010. The number of hydrogen-bond donors (Lipinski definition) is 2. The lowest BCUT2D eigenvalue weighted by Gasteiger charge is -2.49. The molecule has 1 saturated heterocycles. The number of oxime groups is 1. The van der Waals surface area contributed by atoms with Crippen LogP contribution in [0.1, 0.15) is 0 Å². The number of rotatable bonds is 8. The molecule has 2 atom stereocenters. The third kappa shape index (κ3) is 4.81. The molecule has 15 heteroatoms. The lowest BCUT2D eigenvalue weighted by Crippen LogP contribution is -2.71. The summed E-state index contributed by atoms with van der Waals surface area (Å²) in [5, 5.41) is 25.4. The molecule has 0 aliphatic carbocycles. The van der Waals surface area contributed by atoms with Gasteiger partial charge in [0.25, 0.3) is 11.8 Å². The van der Waals surface area contributed by atoms with Gasteiger partial charge in [-0.2, -0.15) is 0 Å². The molecule has 1 aromatic rings. The van der Waals surface area contributed by atoms with E-state index < -0.39 is 29.2 Å². The number of aromatic nitrogens is 2. The molecule has 1 fully saturated rings. The highest BCUT2D eigenvalue weighted by Crippen LogP contribution is 2.41. The summed E-state index contributed by atoms with van der Waals surface area (Å²) in [6, 6.07) is -0.830. The number of aliphatic carboxylic acids is 1. The van der Waals surface area contributed by atoms with E-state index in [0.717, 1.165) is 15.8 Å². The van der Waals surface area contributed by atoms with Gasteiger partial charge in [0, 0.05) is 27.9 Å². The third-order valence-electron chi connectivity index (χ3n) is 4.53. The highest BCUT2D eigenvalue weighted by atomic mass is 32.2. The normalized spacial score (nSPS) is 23.3. The van der Waals surface area contributed by atoms with Crippen LogP contribution in [0.25, 0.3) is 0 Å². The Hall–Kier alpha value is -1.68. The lowest BCUT2D eigenvalue weighted by molar-refractivity contribution is -0.150. The number of nitrogens with one attached hydrogen (secondary N) is 1. The fraction of sp³-hybridized carbons (Fsp3) is 0.412. The fourth-order valence-corrected chi connectivity index (χ4v) is 8.20. The number of carbonyl (C=O) groups is 3. The molecule has 3 aliphatic heterocycles. The Morgan fingerprint density at radius 2 is 2.28 bits per heavy atom. The third-order valence-corrected chi connectivity index (χ3v) is 10.1. The number of carboxylic acids is 1. The maximum absolute atomic E-state index is 12.9. The first-order valence-electron chi connectivity index (χ1n) is 9.17. The Balaban J connectivity index is 1.47. The average Bonchev–Trinajstić information content (AvgIpc) is 3.33. The molecular formula is C17H17N5O5S5. The molecule has 170 valence electrons. The van der Waals surface area contributed by atoms with Crippen LogP contribution in [0.3, 0.4) is 0 Å². The van der Waals surface area contributed by atoms with E-state index in [-0.39, 0.29) is 11.4 Å². The summed E-state index contributed by atoms with van der Waals surface area (Å²) in [7, 11) is 1.35. The molecule has 10 nitrogen and oxygen atoms in total. The first-order chi connectivity index (χ1) is 15.5.